The summed E-state index contributed by atoms with van der Waals surface area (Å²) in [5.74, 6) is -0.381. The van der Waals surface area contributed by atoms with Crippen LogP contribution in [-0.4, -0.2) is 60.2 Å². The molecule has 1 aromatic heterocycles. The van der Waals surface area contributed by atoms with Gasteiger partial charge in [0.15, 0.2) is 5.03 Å². The van der Waals surface area contributed by atoms with Crippen molar-refractivity contribution in [1.29, 1.82) is 0 Å². The van der Waals surface area contributed by atoms with Crippen LogP contribution < -0.4 is 5.32 Å². The number of benzene rings is 1. The van der Waals surface area contributed by atoms with Crippen molar-refractivity contribution in [3.05, 3.63) is 48.2 Å². The molecule has 152 valence electrons. The largest absolute Gasteiger partial charge is 0.377 e. The molecule has 0 amide bonds. The smallest absolute Gasteiger partial charge is 0.262 e. The van der Waals surface area contributed by atoms with E-state index in [9.17, 15) is 12.8 Å². The summed E-state index contributed by atoms with van der Waals surface area (Å²) < 4.78 is 48.3. The van der Waals surface area contributed by atoms with Gasteiger partial charge in [-0.3, -0.25) is 0 Å². The maximum Gasteiger partial charge on any atom is 0.262 e. The van der Waals surface area contributed by atoms with Gasteiger partial charge < -0.3 is 14.6 Å². The molecule has 4 rings (SSSR count). The third-order valence-corrected chi connectivity index (χ3v) is 7.39. The van der Waals surface area contributed by atoms with E-state index in [1.165, 1.54) is 29.0 Å². The van der Waals surface area contributed by atoms with Crippen molar-refractivity contribution in [2.24, 2.45) is 7.05 Å². The van der Waals surface area contributed by atoms with Crippen LogP contribution in [0, 0.1) is 5.82 Å². The molecule has 0 bridgehead atoms. The number of nitrogens with zero attached hydrogens (tertiary/aromatic N) is 3. The monoisotopic (exact) mass is 408 g/mol. The predicted octanol–water partition coefficient (Wildman–Crippen LogP) is 1.48. The van der Waals surface area contributed by atoms with Crippen molar-refractivity contribution in [2.45, 2.75) is 42.5 Å². The molecule has 28 heavy (non-hydrogen) atoms. The van der Waals surface area contributed by atoms with E-state index in [0.29, 0.717) is 19.7 Å². The van der Waals surface area contributed by atoms with Gasteiger partial charge >= 0.3 is 0 Å². The minimum Gasteiger partial charge on any atom is -0.377 e. The number of sulfonamides is 1. The Morgan fingerprint density at radius 2 is 1.96 bits per heavy atom. The van der Waals surface area contributed by atoms with Gasteiger partial charge in [-0.05, 0) is 31.0 Å². The maximum atomic E-state index is 13.4. The molecular weight excluding hydrogens is 383 g/mol. The van der Waals surface area contributed by atoms with E-state index < -0.39 is 10.0 Å². The maximum absolute atomic E-state index is 13.4. The summed E-state index contributed by atoms with van der Waals surface area (Å²) in [5, 5.41) is 3.65. The molecule has 3 heterocycles. The van der Waals surface area contributed by atoms with E-state index in [0.717, 1.165) is 12.0 Å². The highest BCUT2D eigenvalue weighted by Gasteiger charge is 2.42. The number of imidazole rings is 1. The van der Waals surface area contributed by atoms with Crippen LogP contribution in [0.5, 0.6) is 0 Å². The van der Waals surface area contributed by atoms with Crippen molar-refractivity contribution >= 4 is 10.0 Å². The summed E-state index contributed by atoms with van der Waals surface area (Å²) >= 11 is 0. The predicted molar refractivity (Wildman–Crippen MR) is 102 cm³/mol. The van der Waals surface area contributed by atoms with Gasteiger partial charge in [-0.25, -0.2) is 17.8 Å². The lowest BCUT2D eigenvalue weighted by molar-refractivity contribution is 0.110. The summed E-state index contributed by atoms with van der Waals surface area (Å²) in [7, 11) is -1.95. The highest BCUT2D eigenvalue weighted by atomic mass is 32.2. The lowest BCUT2D eigenvalue weighted by Gasteiger charge is -2.25. The molecule has 0 aliphatic carbocycles. The first-order valence-corrected chi connectivity index (χ1v) is 10.9. The minimum absolute atomic E-state index is 0.0473. The molecule has 2 fully saturated rings. The summed E-state index contributed by atoms with van der Waals surface area (Å²) in [6, 6.07) is 6.40. The molecule has 2 saturated heterocycles. The standard InChI is InChI=1S/C19H25FN4O3S/c1-13-17(7-8-27-13)22-18-10-24(28(25,26)19-11-23(2)12-21-19)9-16(18)14-3-5-15(20)6-4-14/h3-6,11-13,16-18,22H,7-10H2,1-2H3. The molecule has 9 heteroatoms. The quantitative estimate of drug-likeness (QED) is 0.811. The number of halogens is 1. The van der Waals surface area contributed by atoms with Crippen molar-refractivity contribution in [1.82, 2.24) is 19.2 Å². The number of ether oxygens (including phenoxy) is 1. The van der Waals surface area contributed by atoms with Crippen LogP contribution in [0.2, 0.25) is 0 Å². The highest BCUT2D eigenvalue weighted by molar-refractivity contribution is 7.89. The normalized spacial score (nSPS) is 28.8. The van der Waals surface area contributed by atoms with Gasteiger partial charge in [0.2, 0.25) is 0 Å². The molecule has 2 aromatic rings. The molecule has 7 nitrogen and oxygen atoms in total. The third kappa shape index (κ3) is 3.71. The zero-order chi connectivity index (χ0) is 19.9. The zero-order valence-corrected chi connectivity index (χ0v) is 16.8. The second-order valence-electron chi connectivity index (χ2n) is 7.60. The van der Waals surface area contributed by atoms with Crippen molar-refractivity contribution in [3.8, 4) is 0 Å². The number of aromatic nitrogens is 2. The van der Waals surface area contributed by atoms with Crippen LogP contribution in [0.15, 0.2) is 41.8 Å². The van der Waals surface area contributed by atoms with E-state index in [4.69, 9.17) is 4.74 Å². The van der Waals surface area contributed by atoms with Gasteiger partial charge in [0.05, 0.1) is 12.4 Å². The van der Waals surface area contributed by atoms with Crippen LogP contribution in [0.3, 0.4) is 0 Å². The van der Waals surface area contributed by atoms with E-state index in [1.807, 2.05) is 6.92 Å². The molecule has 1 aromatic carbocycles. The number of hydrogen-bond donors (Lipinski definition) is 1. The number of nitrogens with one attached hydrogen (secondary N) is 1. The SMILES string of the molecule is CC1OCCC1NC1CN(S(=O)(=O)c2cn(C)cn2)CC1c1ccc(F)cc1. The molecule has 2 aliphatic heterocycles. The number of rotatable bonds is 5. The van der Waals surface area contributed by atoms with Crippen molar-refractivity contribution in [3.63, 3.8) is 0 Å². The Morgan fingerprint density at radius 1 is 1.21 bits per heavy atom. The third-order valence-electron chi connectivity index (χ3n) is 5.67. The van der Waals surface area contributed by atoms with Crippen molar-refractivity contribution < 1.29 is 17.5 Å². The van der Waals surface area contributed by atoms with Crippen molar-refractivity contribution in [2.75, 3.05) is 19.7 Å². The Kier molecular flexibility index (Phi) is 5.26. The fourth-order valence-corrected chi connectivity index (χ4v) is 5.52. The molecule has 0 spiro atoms. The molecule has 1 N–H and O–H groups in total. The molecular formula is C19H25FN4O3S. The Balaban J connectivity index is 1.61. The Morgan fingerprint density at radius 3 is 2.57 bits per heavy atom. The lowest BCUT2D eigenvalue weighted by Crippen LogP contribution is -2.45. The van der Waals surface area contributed by atoms with Crippen LogP contribution in [0.1, 0.15) is 24.8 Å². The molecule has 0 radical (unpaired) electrons. The van der Waals surface area contributed by atoms with E-state index in [1.54, 1.807) is 23.7 Å². The van der Waals surface area contributed by atoms with E-state index in [2.05, 4.69) is 10.3 Å². The first-order chi connectivity index (χ1) is 13.3. The van der Waals surface area contributed by atoms with Crippen LogP contribution in [0.4, 0.5) is 4.39 Å². The van der Waals surface area contributed by atoms with Crippen LogP contribution in [-0.2, 0) is 21.8 Å². The van der Waals surface area contributed by atoms with Gasteiger partial charge in [0.25, 0.3) is 10.0 Å². The van der Waals surface area contributed by atoms with Gasteiger partial charge in [0, 0.05) is 50.9 Å². The van der Waals surface area contributed by atoms with Gasteiger partial charge in [-0.15, -0.1) is 0 Å². The molecule has 4 atom stereocenters. The fraction of sp³-hybridized carbons (Fsp3) is 0.526. The molecule has 4 unspecified atom stereocenters. The average Bonchev–Trinajstić information content (AvgIpc) is 3.38. The highest BCUT2D eigenvalue weighted by Crippen LogP contribution is 2.32. The lowest BCUT2D eigenvalue weighted by atomic mass is 9.93. The topological polar surface area (TPSA) is 76.5 Å². The minimum atomic E-state index is -3.69. The van der Waals surface area contributed by atoms with E-state index >= 15 is 0 Å². The van der Waals surface area contributed by atoms with Gasteiger partial charge in [-0.1, -0.05) is 12.1 Å². The van der Waals surface area contributed by atoms with Crippen LogP contribution >= 0.6 is 0 Å². The first-order valence-electron chi connectivity index (χ1n) is 9.46. The zero-order valence-electron chi connectivity index (χ0n) is 16.0. The average molecular weight is 408 g/mol. The van der Waals surface area contributed by atoms with Gasteiger partial charge in [0.1, 0.15) is 5.82 Å². The Bertz CT molecular complexity index is 931. The Labute approximate surface area is 164 Å². The first kappa shape index (κ1) is 19.5. The fourth-order valence-electron chi connectivity index (χ4n) is 4.06. The summed E-state index contributed by atoms with van der Waals surface area (Å²) in [5.41, 5.74) is 0.921. The summed E-state index contributed by atoms with van der Waals surface area (Å²) in [4.78, 5) is 4.03. The van der Waals surface area contributed by atoms with E-state index in [-0.39, 0.29) is 34.9 Å². The number of hydrogen-bond acceptors (Lipinski definition) is 5. The molecule has 2 aliphatic rings. The summed E-state index contributed by atoms with van der Waals surface area (Å²) in [6.45, 7) is 3.38. The van der Waals surface area contributed by atoms with Gasteiger partial charge in [-0.2, -0.15) is 4.31 Å². The Hall–Kier alpha value is -1.81. The second-order valence-corrected chi connectivity index (χ2v) is 9.49. The molecule has 0 saturated carbocycles. The second kappa shape index (κ2) is 7.55. The van der Waals surface area contributed by atoms with Crippen LogP contribution in [0.25, 0.3) is 0 Å². The summed E-state index contributed by atoms with van der Waals surface area (Å²) in [6.07, 6.45) is 3.96. The number of aryl methyl sites for hydroxylation is 1.